The number of phenolic OH excluding ortho intramolecular Hbond substituents is 1. The van der Waals surface area contributed by atoms with E-state index in [2.05, 4.69) is 5.32 Å². The second-order valence-corrected chi connectivity index (χ2v) is 7.99. The Kier molecular flexibility index (Phi) is 3.85. The number of nitrogens with one attached hydrogen (secondary N) is 2. The molecule has 0 aliphatic carbocycles. The number of nitrogens with two attached hydrogens (primary N) is 1. The summed E-state index contributed by atoms with van der Waals surface area (Å²) in [5.74, 6) is 0.119. The van der Waals surface area contributed by atoms with E-state index in [-0.39, 0.29) is 24.0 Å². The number of hydrogen-bond acceptors (Lipinski definition) is 5. The summed E-state index contributed by atoms with van der Waals surface area (Å²) < 4.78 is 1.04. The first-order valence-corrected chi connectivity index (χ1v) is 9.40. The van der Waals surface area contributed by atoms with Gasteiger partial charge in [0, 0.05) is 28.6 Å². The second-order valence-electron chi connectivity index (χ2n) is 7.07. The summed E-state index contributed by atoms with van der Waals surface area (Å²) in [4.78, 5) is 13.7. The van der Waals surface area contributed by atoms with Gasteiger partial charge in [-0.1, -0.05) is 0 Å². The van der Waals surface area contributed by atoms with Crippen LogP contribution in [0.25, 0.3) is 21.2 Å². The number of rotatable bonds is 2. The smallest absolute Gasteiger partial charge is 0.231 e. The van der Waals surface area contributed by atoms with Crippen LogP contribution in [0.3, 0.4) is 0 Å². The fourth-order valence-corrected chi connectivity index (χ4v) is 4.39. The van der Waals surface area contributed by atoms with Crippen LogP contribution in [0.4, 0.5) is 5.69 Å². The Bertz CT molecular complexity index is 1070. The topological polar surface area (TPSA) is 102 Å². The number of amides is 1. The molecule has 6 nitrogen and oxygen atoms in total. The highest BCUT2D eigenvalue weighted by atomic mass is 32.1. The number of carbonyl (C=O) groups is 1. The van der Waals surface area contributed by atoms with Crippen LogP contribution < -0.4 is 11.1 Å². The van der Waals surface area contributed by atoms with E-state index in [0.29, 0.717) is 11.3 Å². The molecule has 138 valence electrons. The van der Waals surface area contributed by atoms with E-state index in [4.69, 9.17) is 11.1 Å². The van der Waals surface area contributed by atoms with Crippen molar-refractivity contribution in [2.45, 2.75) is 18.9 Å². The van der Waals surface area contributed by atoms with Crippen LogP contribution in [0.5, 0.6) is 5.75 Å². The molecular formula is C20H20N4O2S. The molecule has 2 aromatic carbocycles. The van der Waals surface area contributed by atoms with Crippen LogP contribution in [0, 0.1) is 5.41 Å². The number of phenols is 1. The maximum Gasteiger partial charge on any atom is 0.231 e. The number of benzene rings is 2. The van der Waals surface area contributed by atoms with E-state index in [1.54, 1.807) is 36.6 Å². The Morgan fingerprint density at radius 3 is 2.78 bits per heavy atom. The lowest BCUT2D eigenvalue weighted by Crippen LogP contribution is -2.58. The summed E-state index contributed by atoms with van der Waals surface area (Å²) >= 11 is 1.59. The minimum absolute atomic E-state index is 0.0764. The number of carbonyl (C=O) groups excluding carboxylic acids is 1. The average molecular weight is 380 g/mol. The fourth-order valence-electron chi connectivity index (χ4n) is 3.48. The van der Waals surface area contributed by atoms with E-state index in [1.807, 2.05) is 30.5 Å². The number of nitrogens with zero attached hydrogens (tertiary/aromatic N) is 1. The molecule has 2 heterocycles. The molecule has 5 N–H and O–H groups in total. The maximum atomic E-state index is 12.4. The van der Waals surface area contributed by atoms with Gasteiger partial charge in [-0.2, -0.15) is 0 Å². The Morgan fingerprint density at radius 1 is 1.26 bits per heavy atom. The molecule has 1 amide bonds. The van der Waals surface area contributed by atoms with E-state index < -0.39 is 5.54 Å². The van der Waals surface area contributed by atoms with Crippen molar-refractivity contribution < 1.29 is 9.90 Å². The van der Waals surface area contributed by atoms with E-state index in [0.717, 1.165) is 21.2 Å². The summed E-state index contributed by atoms with van der Waals surface area (Å²) in [7, 11) is 1.59. The molecule has 0 saturated carbocycles. The van der Waals surface area contributed by atoms with Crippen molar-refractivity contribution in [1.82, 2.24) is 10.2 Å². The molecule has 0 spiro atoms. The van der Waals surface area contributed by atoms with E-state index >= 15 is 0 Å². The zero-order chi connectivity index (χ0) is 19.3. The molecule has 1 aliphatic rings. The number of fused-ring (bicyclic) bond motifs is 1. The number of hydrogen-bond donors (Lipinski definition) is 4. The minimum atomic E-state index is -0.707. The number of guanidine groups is 1. The van der Waals surface area contributed by atoms with Crippen molar-refractivity contribution >= 4 is 39.0 Å². The molecule has 0 bridgehead atoms. The van der Waals surface area contributed by atoms with Gasteiger partial charge >= 0.3 is 0 Å². The van der Waals surface area contributed by atoms with Crippen molar-refractivity contribution in [3.63, 3.8) is 0 Å². The fraction of sp³-hybridized carbons (Fsp3) is 0.200. The summed E-state index contributed by atoms with van der Waals surface area (Å²) in [6, 6.07) is 11.0. The highest BCUT2D eigenvalue weighted by molar-refractivity contribution is 7.17. The molecule has 0 unspecified atom stereocenters. The van der Waals surface area contributed by atoms with Gasteiger partial charge in [-0.15, -0.1) is 11.3 Å². The molecule has 1 aliphatic heterocycles. The van der Waals surface area contributed by atoms with Gasteiger partial charge in [-0.05, 0) is 59.7 Å². The summed E-state index contributed by atoms with van der Waals surface area (Å²) in [6.07, 6.45) is 0.240. The van der Waals surface area contributed by atoms with Gasteiger partial charge in [0.05, 0.1) is 12.0 Å². The lowest BCUT2D eigenvalue weighted by Gasteiger charge is -2.39. The predicted molar refractivity (Wildman–Crippen MR) is 109 cm³/mol. The van der Waals surface area contributed by atoms with Crippen molar-refractivity contribution in [2.75, 3.05) is 12.8 Å². The molecule has 7 heteroatoms. The van der Waals surface area contributed by atoms with Crippen LogP contribution in [-0.2, 0) is 10.3 Å². The monoisotopic (exact) mass is 380 g/mol. The van der Waals surface area contributed by atoms with Crippen molar-refractivity contribution in [2.24, 2.45) is 0 Å². The zero-order valence-corrected chi connectivity index (χ0v) is 15.9. The Morgan fingerprint density at radius 2 is 2.04 bits per heavy atom. The number of nitrogen functional groups attached to an aromatic ring is 1. The van der Waals surface area contributed by atoms with Crippen molar-refractivity contribution in [1.29, 1.82) is 5.41 Å². The van der Waals surface area contributed by atoms with Crippen LogP contribution in [0.1, 0.15) is 18.9 Å². The lowest BCUT2D eigenvalue weighted by atomic mass is 9.84. The van der Waals surface area contributed by atoms with Gasteiger partial charge in [-0.25, -0.2) is 0 Å². The SMILES string of the molecule is CN1C(=N)N[C@](C)(c2cc(-c3cc(N)ccc3O)c3sccc3c2)CC1=O. The Hall–Kier alpha value is -3.06. The standard InChI is InChI=1S/C20H20N4O2S/c1-20(10-17(26)24(2)19(22)23-20)12-7-11-5-6-27-18(11)15(8-12)14-9-13(21)3-4-16(14)25/h3-9,25H,10,21H2,1-2H3,(H2,22,23)/t20-/m0/s1. The predicted octanol–water partition coefficient (Wildman–Crippen LogP) is 3.46. The first-order valence-electron chi connectivity index (χ1n) is 8.52. The minimum Gasteiger partial charge on any atom is -0.507 e. The van der Waals surface area contributed by atoms with Crippen molar-refractivity contribution in [3.05, 3.63) is 47.3 Å². The normalized spacial score (nSPS) is 20.1. The molecule has 1 aromatic heterocycles. The third kappa shape index (κ3) is 2.80. The quantitative estimate of drug-likeness (QED) is 0.404. The van der Waals surface area contributed by atoms with Crippen LogP contribution in [-0.4, -0.2) is 28.9 Å². The second kappa shape index (κ2) is 5.99. The van der Waals surface area contributed by atoms with Gasteiger partial charge < -0.3 is 16.2 Å². The van der Waals surface area contributed by atoms with Gasteiger partial charge in [-0.3, -0.25) is 15.1 Å². The summed E-state index contributed by atoms with van der Waals surface area (Å²) in [5.41, 5.74) is 8.21. The lowest BCUT2D eigenvalue weighted by molar-refractivity contribution is -0.129. The molecule has 1 fully saturated rings. The van der Waals surface area contributed by atoms with Crippen LogP contribution in [0.2, 0.25) is 0 Å². The highest BCUT2D eigenvalue weighted by Crippen LogP contribution is 2.41. The largest absolute Gasteiger partial charge is 0.507 e. The van der Waals surface area contributed by atoms with Crippen molar-refractivity contribution in [3.8, 4) is 16.9 Å². The van der Waals surface area contributed by atoms with Gasteiger partial charge in [0.2, 0.25) is 5.91 Å². The van der Waals surface area contributed by atoms with E-state index in [1.165, 1.54) is 4.90 Å². The number of anilines is 1. The summed E-state index contributed by atoms with van der Waals surface area (Å²) in [5, 5.41) is 24.7. The molecule has 27 heavy (non-hydrogen) atoms. The molecule has 4 rings (SSSR count). The van der Waals surface area contributed by atoms with E-state index in [9.17, 15) is 9.90 Å². The first kappa shape index (κ1) is 17.4. The number of aromatic hydroxyl groups is 1. The maximum absolute atomic E-state index is 12.4. The Balaban J connectivity index is 1.93. The highest BCUT2D eigenvalue weighted by Gasteiger charge is 2.38. The third-order valence-electron chi connectivity index (χ3n) is 5.11. The molecule has 1 saturated heterocycles. The molecule has 3 aromatic rings. The van der Waals surface area contributed by atoms with Gasteiger partial charge in [0.25, 0.3) is 0 Å². The Labute approximate surface area is 160 Å². The third-order valence-corrected chi connectivity index (χ3v) is 6.07. The van der Waals surface area contributed by atoms with Crippen LogP contribution in [0.15, 0.2) is 41.8 Å². The molecular weight excluding hydrogens is 360 g/mol. The van der Waals surface area contributed by atoms with Crippen LogP contribution >= 0.6 is 11.3 Å². The van der Waals surface area contributed by atoms with Gasteiger partial charge in [0.15, 0.2) is 5.96 Å². The molecule has 0 radical (unpaired) electrons. The van der Waals surface area contributed by atoms with Gasteiger partial charge in [0.1, 0.15) is 5.75 Å². The number of thiophene rings is 1. The first-order chi connectivity index (χ1) is 12.8. The molecule has 1 atom stereocenters. The summed E-state index contributed by atoms with van der Waals surface area (Å²) in [6.45, 7) is 1.92. The zero-order valence-electron chi connectivity index (χ0n) is 15.0. The average Bonchev–Trinajstić information content (AvgIpc) is 3.09.